The van der Waals surface area contributed by atoms with Crippen molar-refractivity contribution in [2.75, 3.05) is 31.5 Å². The number of hydrogen-bond acceptors (Lipinski definition) is 6. The van der Waals surface area contributed by atoms with Gasteiger partial charge in [-0.2, -0.15) is 4.91 Å². The number of carbonyl (C=O) groups excluding carboxylic acids is 2. The minimum atomic E-state index is -0.369. The molecule has 2 amide bonds. The van der Waals surface area contributed by atoms with Gasteiger partial charge in [-0.1, -0.05) is 43.3 Å². The summed E-state index contributed by atoms with van der Waals surface area (Å²) >= 11 is 0. The topological polar surface area (TPSA) is 108 Å². The predicted octanol–water partition coefficient (Wildman–Crippen LogP) is 4.47. The first-order chi connectivity index (χ1) is 17.4. The second-order valence-corrected chi connectivity index (χ2v) is 9.60. The molecule has 8 nitrogen and oxygen atoms in total. The Balaban J connectivity index is 1.54. The fourth-order valence-corrected chi connectivity index (χ4v) is 4.93. The number of rotatable bonds is 8. The SMILES string of the molecule is CCCN(CCC)C(=O)C1=Cc2ccc(-c3ccc(C(=O)N4CC[C@@H](N=O)C4)cc3)cc2NC(N)C1. The molecule has 2 aliphatic rings. The Kier molecular flexibility index (Phi) is 8.15. The van der Waals surface area contributed by atoms with Gasteiger partial charge in [-0.3, -0.25) is 9.59 Å². The normalized spacial score (nSPS) is 19.1. The molecule has 190 valence electrons. The van der Waals surface area contributed by atoms with Crippen molar-refractivity contribution in [2.45, 2.75) is 51.7 Å². The first-order valence-corrected chi connectivity index (χ1v) is 12.8. The van der Waals surface area contributed by atoms with E-state index in [1.807, 2.05) is 53.4 Å². The van der Waals surface area contributed by atoms with Crippen molar-refractivity contribution >= 4 is 23.6 Å². The standard InChI is InChI=1S/C28H35N5O3/c1-3-12-32(13-4-2)28(35)23-15-22-10-9-21(16-25(22)30-26(29)17-23)19-5-7-20(8-6-19)27(34)33-14-11-24(18-33)31-36/h5-10,15-16,24,26,30H,3-4,11-14,17-18,29H2,1-2H3/t24-,26?/m1/s1. The molecule has 2 aromatic carbocycles. The Hall–Kier alpha value is -3.52. The molecule has 1 unspecified atom stereocenters. The van der Waals surface area contributed by atoms with E-state index in [0.717, 1.165) is 53.9 Å². The van der Waals surface area contributed by atoms with E-state index >= 15 is 0 Å². The molecule has 2 aromatic rings. The van der Waals surface area contributed by atoms with Crippen molar-refractivity contribution in [3.8, 4) is 11.1 Å². The lowest BCUT2D eigenvalue weighted by molar-refractivity contribution is -0.127. The zero-order valence-electron chi connectivity index (χ0n) is 21.1. The highest BCUT2D eigenvalue weighted by molar-refractivity contribution is 5.99. The first-order valence-electron chi connectivity index (χ1n) is 12.8. The number of nitrogens with two attached hydrogens (primary N) is 1. The Morgan fingerprint density at radius 3 is 2.42 bits per heavy atom. The van der Waals surface area contributed by atoms with Crippen LogP contribution in [0, 0.1) is 4.91 Å². The molecule has 0 bridgehead atoms. The van der Waals surface area contributed by atoms with Crippen LogP contribution in [-0.4, -0.2) is 60.0 Å². The third-order valence-electron chi connectivity index (χ3n) is 6.78. The number of fused-ring (bicyclic) bond motifs is 1. The van der Waals surface area contributed by atoms with Gasteiger partial charge in [0, 0.05) is 49.4 Å². The number of hydrogen-bond donors (Lipinski definition) is 2. The zero-order chi connectivity index (χ0) is 25.7. The van der Waals surface area contributed by atoms with E-state index in [4.69, 9.17) is 5.73 Å². The Morgan fingerprint density at radius 2 is 1.78 bits per heavy atom. The second-order valence-electron chi connectivity index (χ2n) is 9.60. The highest BCUT2D eigenvalue weighted by atomic mass is 16.3. The fraction of sp³-hybridized carbons (Fsp3) is 0.429. The van der Waals surface area contributed by atoms with Crippen LogP contribution in [0.1, 0.15) is 55.5 Å². The molecule has 2 aliphatic heterocycles. The van der Waals surface area contributed by atoms with E-state index in [0.29, 0.717) is 31.5 Å². The van der Waals surface area contributed by atoms with Gasteiger partial charge in [-0.25, -0.2) is 0 Å². The number of nitroso groups, excluding NO2 is 1. The molecule has 0 aliphatic carbocycles. The number of nitrogens with zero attached hydrogens (tertiary/aromatic N) is 3. The largest absolute Gasteiger partial charge is 0.369 e. The van der Waals surface area contributed by atoms with Crippen LogP contribution in [0.5, 0.6) is 0 Å². The fourth-order valence-electron chi connectivity index (χ4n) is 4.93. The molecule has 1 saturated heterocycles. The van der Waals surface area contributed by atoms with Gasteiger partial charge in [-0.05, 0) is 60.2 Å². The lowest BCUT2D eigenvalue weighted by Gasteiger charge is -2.23. The Bertz CT molecular complexity index is 1140. The van der Waals surface area contributed by atoms with Crippen LogP contribution in [0.25, 0.3) is 17.2 Å². The van der Waals surface area contributed by atoms with Crippen molar-refractivity contribution in [3.05, 3.63) is 64.1 Å². The molecule has 8 heteroatoms. The van der Waals surface area contributed by atoms with E-state index in [1.54, 1.807) is 4.90 Å². The van der Waals surface area contributed by atoms with E-state index in [9.17, 15) is 14.5 Å². The van der Waals surface area contributed by atoms with Crippen molar-refractivity contribution in [2.24, 2.45) is 10.9 Å². The van der Waals surface area contributed by atoms with Crippen LogP contribution >= 0.6 is 0 Å². The molecule has 1 fully saturated rings. The summed E-state index contributed by atoms with van der Waals surface area (Å²) in [5, 5.41) is 6.43. The van der Waals surface area contributed by atoms with Gasteiger partial charge < -0.3 is 20.9 Å². The molecule has 0 spiro atoms. The van der Waals surface area contributed by atoms with Crippen LogP contribution in [0.3, 0.4) is 0 Å². The Labute approximate surface area is 212 Å². The minimum absolute atomic E-state index is 0.0568. The van der Waals surface area contributed by atoms with E-state index in [1.165, 1.54) is 0 Å². The first kappa shape index (κ1) is 25.6. The summed E-state index contributed by atoms with van der Waals surface area (Å²) in [6, 6.07) is 13.2. The van der Waals surface area contributed by atoms with Crippen molar-refractivity contribution in [1.29, 1.82) is 0 Å². The number of carbonyl (C=O) groups is 2. The quantitative estimate of drug-likeness (QED) is 0.532. The van der Waals surface area contributed by atoms with Crippen molar-refractivity contribution < 1.29 is 9.59 Å². The number of amides is 2. The van der Waals surface area contributed by atoms with Crippen LogP contribution < -0.4 is 11.1 Å². The lowest BCUT2D eigenvalue weighted by atomic mass is 10.00. The maximum Gasteiger partial charge on any atom is 0.253 e. The monoisotopic (exact) mass is 489 g/mol. The van der Waals surface area contributed by atoms with Crippen LogP contribution in [0.2, 0.25) is 0 Å². The molecule has 4 rings (SSSR count). The molecule has 2 heterocycles. The van der Waals surface area contributed by atoms with Gasteiger partial charge >= 0.3 is 0 Å². The van der Waals surface area contributed by atoms with Gasteiger partial charge in [-0.15, -0.1) is 0 Å². The number of likely N-dealkylation sites (tertiary alicyclic amines) is 1. The molecular formula is C28H35N5O3. The summed E-state index contributed by atoms with van der Waals surface area (Å²) in [6.45, 7) is 6.58. The highest BCUT2D eigenvalue weighted by Crippen LogP contribution is 2.31. The van der Waals surface area contributed by atoms with Crippen LogP contribution in [-0.2, 0) is 4.79 Å². The minimum Gasteiger partial charge on any atom is -0.369 e. The van der Waals surface area contributed by atoms with Crippen molar-refractivity contribution in [3.63, 3.8) is 0 Å². The van der Waals surface area contributed by atoms with Crippen LogP contribution in [0.4, 0.5) is 5.69 Å². The smallest absolute Gasteiger partial charge is 0.253 e. The average Bonchev–Trinajstić information content (AvgIpc) is 3.31. The molecule has 0 saturated carbocycles. The van der Waals surface area contributed by atoms with E-state index in [2.05, 4.69) is 24.3 Å². The van der Waals surface area contributed by atoms with E-state index < -0.39 is 0 Å². The molecule has 0 aromatic heterocycles. The summed E-state index contributed by atoms with van der Waals surface area (Å²) < 4.78 is 0. The number of anilines is 1. The molecule has 36 heavy (non-hydrogen) atoms. The van der Waals surface area contributed by atoms with Crippen molar-refractivity contribution in [1.82, 2.24) is 9.80 Å². The third kappa shape index (κ3) is 5.65. The predicted molar refractivity (Wildman–Crippen MR) is 143 cm³/mol. The summed E-state index contributed by atoms with van der Waals surface area (Å²) in [5.74, 6) is -0.0221. The summed E-state index contributed by atoms with van der Waals surface area (Å²) in [7, 11) is 0. The molecule has 3 N–H and O–H groups in total. The Morgan fingerprint density at radius 1 is 1.08 bits per heavy atom. The molecule has 2 atom stereocenters. The zero-order valence-corrected chi connectivity index (χ0v) is 21.1. The van der Waals surface area contributed by atoms with Gasteiger partial charge in [0.2, 0.25) is 5.91 Å². The lowest BCUT2D eigenvalue weighted by Crippen LogP contribution is -2.36. The second kappa shape index (κ2) is 11.5. The average molecular weight is 490 g/mol. The van der Waals surface area contributed by atoms with Gasteiger partial charge in [0.1, 0.15) is 6.04 Å². The summed E-state index contributed by atoms with van der Waals surface area (Å²) in [6.07, 6.45) is 4.50. The molecular weight excluding hydrogens is 454 g/mol. The highest BCUT2D eigenvalue weighted by Gasteiger charge is 2.27. The third-order valence-corrected chi connectivity index (χ3v) is 6.78. The van der Waals surface area contributed by atoms with E-state index in [-0.39, 0.29) is 24.0 Å². The number of nitrogens with one attached hydrogen (secondary N) is 1. The summed E-state index contributed by atoms with van der Waals surface area (Å²) in [4.78, 5) is 40.3. The number of benzene rings is 2. The van der Waals surface area contributed by atoms with Crippen LogP contribution in [0.15, 0.2) is 53.2 Å². The van der Waals surface area contributed by atoms with Gasteiger partial charge in [0.25, 0.3) is 5.91 Å². The molecule has 0 radical (unpaired) electrons. The maximum absolute atomic E-state index is 13.2. The van der Waals surface area contributed by atoms with Gasteiger partial charge in [0.05, 0.1) is 6.17 Å². The summed E-state index contributed by atoms with van der Waals surface area (Å²) in [5.41, 5.74) is 11.4. The van der Waals surface area contributed by atoms with Gasteiger partial charge in [0.15, 0.2) is 0 Å². The maximum atomic E-state index is 13.2.